The first-order valence-electron chi connectivity index (χ1n) is 5.80. The highest BCUT2D eigenvalue weighted by molar-refractivity contribution is 9.09. The number of halogens is 2. The number of hydrogen-bond acceptors (Lipinski definition) is 2. The van der Waals surface area contributed by atoms with Crippen LogP contribution >= 0.6 is 15.9 Å². The zero-order chi connectivity index (χ0) is 13.1. The molecule has 0 bridgehead atoms. The van der Waals surface area contributed by atoms with Crippen molar-refractivity contribution in [3.8, 4) is 5.75 Å². The Balaban J connectivity index is 2.17. The van der Waals surface area contributed by atoms with Gasteiger partial charge >= 0.3 is 0 Å². The first kappa shape index (κ1) is 13.3. The normalized spacial score (nSPS) is 19.4. The lowest BCUT2D eigenvalue weighted by molar-refractivity contribution is -0.128. The summed E-state index contributed by atoms with van der Waals surface area (Å²) >= 11 is 3.38. The lowest BCUT2D eigenvalue weighted by Gasteiger charge is -2.18. The number of carbonyl (C=O) groups excluding carboxylic acids is 1. The predicted octanol–water partition coefficient (Wildman–Crippen LogP) is 2.58. The van der Waals surface area contributed by atoms with Crippen molar-refractivity contribution in [3.05, 3.63) is 29.6 Å². The van der Waals surface area contributed by atoms with E-state index in [0.29, 0.717) is 30.2 Å². The van der Waals surface area contributed by atoms with Crippen molar-refractivity contribution in [2.75, 3.05) is 19.0 Å². The summed E-state index contributed by atoms with van der Waals surface area (Å²) in [5.74, 6) is 0.551. The monoisotopic (exact) mass is 315 g/mol. The number of ether oxygens (including phenoxy) is 1. The number of methoxy groups -OCH3 is 1. The Kier molecular flexibility index (Phi) is 4.22. The maximum Gasteiger partial charge on any atom is 0.223 e. The highest BCUT2D eigenvalue weighted by Gasteiger charge is 2.29. The summed E-state index contributed by atoms with van der Waals surface area (Å²) in [5, 5.41) is 0.795. The van der Waals surface area contributed by atoms with Crippen molar-refractivity contribution in [2.24, 2.45) is 5.92 Å². The van der Waals surface area contributed by atoms with Crippen molar-refractivity contribution >= 4 is 21.8 Å². The SMILES string of the molecule is COc1cccc(F)c1CN1CC(CBr)CC1=O. The molecule has 1 aromatic carbocycles. The lowest BCUT2D eigenvalue weighted by atomic mass is 10.1. The van der Waals surface area contributed by atoms with Gasteiger partial charge in [-0.05, 0) is 18.1 Å². The number of likely N-dealkylation sites (tertiary alicyclic amines) is 1. The summed E-state index contributed by atoms with van der Waals surface area (Å²) < 4.78 is 18.9. The molecular weight excluding hydrogens is 301 g/mol. The van der Waals surface area contributed by atoms with Gasteiger partial charge < -0.3 is 9.64 Å². The zero-order valence-electron chi connectivity index (χ0n) is 10.2. The second-order valence-corrected chi connectivity index (χ2v) is 5.07. The summed E-state index contributed by atoms with van der Waals surface area (Å²) in [5.41, 5.74) is 0.448. The third-order valence-electron chi connectivity index (χ3n) is 3.16. The van der Waals surface area contributed by atoms with Crippen LogP contribution in [-0.2, 0) is 11.3 Å². The number of rotatable bonds is 4. The van der Waals surface area contributed by atoms with E-state index in [1.807, 2.05) is 0 Å². The molecule has 1 atom stereocenters. The molecule has 1 fully saturated rings. The van der Waals surface area contributed by atoms with E-state index in [9.17, 15) is 9.18 Å². The predicted molar refractivity (Wildman–Crippen MR) is 70.3 cm³/mol. The van der Waals surface area contributed by atoms with E-state index in [-0.39, 0.29) is 18.3 Å². The Morgan fingerprint density at radius 1 is 1.56 bits per heavy atom. The van der Waals surface area contributed by atoms with Crippen molar-refractivity contribution < 1.29 is 13.9 Å². The molecule has 3 nitrogen and oxygen atoms in total. The Bertz CT molecular complexity index is 453. The van der Waals surface area contributed by atoms with Gasteiger partial charge in [0.2, 0.25) is 5.91 Å². The van der Waals surface area contributed by atoms with Crippen LogP contribution in [0.5, 0.6) is 5.75 Å². The van der Waals surface area contributed by atoms with Crippen LogP contribution in [-0.4, -0.2) is 29.8 Å². The Morgan fingerprint density at radius 3 is 2.94 bits per heavy atom. The molecule has 98 valence electrons. The first-order chi connectivity index (χ1) is 8.65. The molecule has 0 aromatic heterocycles. The molecule has 1 aliphatic rings. The van der Waals surface area contributed by atoms with Gasteiger partial charge in [0.1, 0.15) is 11.6 Å². The van der Waals surface area contributed by atoms with E-state index in [1.165, 1.54) is 13.2 Å². The fourth-order valence-electron chi connectivity index (χ4n) is 2.18. The Hall–Kier alpha value is -1.10. The van der Waals surface area contributed by atoms with Gasteiger partial charge in [0, 0.05) is 23.9 Å². The molecule has 18 heavy (non-hydrogen) atoms. The van der Waals surface area contributed by atoms with Gasteiger partial charge in [-0.15, -0.1) is 0 Å². The molecule has 1 unspecified atom stereocenters. The maximum absolute atomic E-state index is 13.8. The molecule has 1 aliphatic heterocycles. The van der Waals surface area contributed by atoms with Gasteiger partial charge in [0.05, 0.1) is 13.7 Å². The molecule has 0 spiro atoms. The smallest absolute Gasteiger partial charge is 0.223 e. The third kappa shape index (κ3) is 2.66. The molecule has 5 heteroatoms. The fraction of sp³-hybridized carbons (Fsp3) is 0.462. The molecule has 1 heterocycles. The minimum absolute atomic E-state index is 0.0738. The number of carbonyl (C=O) groups is 1. The standard InChI is InChI=1S/C13H15BrFNO2/c1-18-12-4-2-3-11(15)10(12)8-16-7-9(6-14)5-13(16)17/h2-4,9H,5-8H2,1H3. The molecule has 2 rings (SSSR count). The number of nitrogens with zero attached hydrogens (tertiary/aromatic N) is 1. The van der Waals surface area contributed by atoms with E-state index in [4.69, 9.17) is 4.74 Å². The molecular formula is C13H15BrFNO2. The van der Waals surface area contributed by atoms with E-state index >= 15 is 0 Å². The maximum atomic E-state index is 13.8. The van der Waals surface area contributed by atoms with Crippen molar-refractivity contribution in [1.82, 2.24) is 4.90 Å². The van der Waals surface area contributed by atoms with Crippen LogP contribution in [0.25, 0.3) is 0 Å². The quantitative estimate of drug-likeness (QED) is 0.799. The second-order valence-electron chi connectivity index (χ2n) is 4.42. The van der Waals surface area contributed by atoms with Crippen molar-refractivity contribution in [1.29, 1.82) is 0 Å². The van der Waals surface area contributed by atoms with Crippen LogP contribution in [0.1, 0.15) is 12.0 Å². The summed E-state index contributed by atoms with van der Waals surface area (Å²) in [6, 6.07) is 4.70. The number of alkyl halides is 1. The minimum Gasteiger partial charge on any atom is -0.496 e. The molecule has 1 amide bonds. The van der Waals surface area contributed by atoms with Crippen LogP contribution in [0.4, 0.5) is 4.39 Å². The highest BCUT2D eigenvalue weighted by atomic mass is 79.9. The third-order valence-corrected chi connectivity index (χ3v) is 4.07. The van der Waals surface area contributed by atoms with Gasteiger partial charge in [-0.3, -0.25) is 4.79 Å². The largest absolute Gasteiger partial charge is 0.496 e. The Labute approximate surface area is 114 Å². The van der Waals surface area contributed by atoms with Crippen LogP contribution in [0.3, 0.4) is 0 Å². The molecule has 0 aliphatic carbocycles. The van der Waals surface area contributed by atoms with Crippen LogP contribution in [0.2, 0.25) is 0 Å². The van der Waals surface area contributed by atoms with Crippen LogP contribution in [0, 0.1) is 11.7 Å². The van der Waals surface area contributed by atoms with Crippen LogP contribution in [0.15, 0.2) is 18.2 Å². The van der Waals surface area contributed by atoms with Gasteiger partial charge in [-0.2, -0.15) is 0 Å². The summed E-state index contributed by atoms with van der Waals surface area (Å²) in [6.07, 6.45) is 0.530. The fourth-order valence-corrected chi connectivity index (χ4v) is 2.62. The molecule has 0 saturated carbocycles. The lowest BCUT2D eigenvalue weighted by Crippen LogP contribution is -2.25. The van der Waals surface area contributed by atoms with E-state index in [2.05, 4.69) is 15.9 Å². The molecule has 1 saturated heterocycles. The number of hydrogen-bond donors (Lipinski definition) is 0. The van der Waals surface area contributed by atoms with E-state index in [1.54, 1.807) is 17.0 Å². The summed E-state index contributed by atoms with van der Waals surface area (Å²) in [7, 11) is 1.51. The second kappa shape index (κ2) is 5.69. The minimum atomic E-state index is -0.329. The van der Waals surface area contributed by atoms with Gasteiger partial charge in [0.25, 0.3) is 0 Å². The van der Waals surface area contributed by atoms with Crippen molar-refractivity contribution in [2.45, 2.75) is 13.0 Å². The topological polar surface area (TPSA) is 29.5 Å². The van der Waals surface area contributed by atoms with Gasteiger partial charge in [-0.1, -0.05) is 22.0 Å². The van der Waals surface area contributed by atoms with Gasteiger partial charge in [0.15, 0.2) is 0 Å². The average molecular weight is 316 g/mol. The molecule has 0 N–H and O–H groups in total. The van der Waals surface area contributed by atoms with E-state index in [0.717, 1.165) is 5.33 Å². The van der Waals surface area contributed by atoms with E-state index < -0.39 is 0 Å². The summed E-state index contributed by atoms with van der Waals surface area (Å²) in [6.45, 7) is 0.944. The van der Waals surface area contributed by atoms with Crippen LogP contribution < -0.4 is 4.74 Å². The Morgan fingerprint density at radius 2 is 2.33 bits per heavy atom. The highest BCUT2D eigenvalue weighted by Crippen LogP contribution is 2.27. The number of amides is 1. The van der Waals surface area contributed by atoms with Gasteiger partial charge in [-0.25, -0.2) is 4.39 Å². The number of benzene rings is 1. The first-order valence-corrected chi connectivity index (χ1v) is 6.93. The average Bonchev–Trinajstić information content (AvgIpc) is 2.73. The molecule has 1 aromatic rings. The van der Waals surface area contributed by atoms with Crippen molar-refractivity contribution in [3.63, 3.8) is 0 Å². The molecule has 0 radical (unpaired) electrons. The summed E-state index contributed by atoms with van der Waals surface area (Å²) in [4.78, 5) is 13.5. The zero-order valence-corrected chi connectivity index (χ0v) is 11.7.